The van der Waals surface area contributed by atoms with Gasteiger partial charge < -0.3 is 4.90 Å². The zero-order chi connectivity index (χ0) is 13.1. The number of halogens is 2. The molecule has 1 spiro atoms. The van der Waals surface area contributed by atoms with E-state index in [1.807, 2.05) is 13.8 Å². The van der Waals surface area contributed by atoms with Crippen molar-refractivity contribution in [3.05, 3.63) is 0 Å². The Hall–Kier alpha value is -0.180. The number of nitrogens with zero attached hydrogens (tertiary/aromatic N) is 1. The highest BCUT2D eigenvalue weighted by atomic mass is 19.3. The lowest BCUT2D eigenvalue weighted by Crippen LogP contribution is -2.37. The fourth-order valence-corrected chi connectivity index (χ4v) is 2.96. The standard InChI is InChI=1S/C12H21F2N.C2H6/c1-10(2)15-8-7-11(9-15)3-5-12(13,14)6-4-11;1-2/h10H,3-9H2,1-2H3;1-2H3. The van der Waals surface area contributed by atoms with Gasteiger partial charge in [0.1, 0.15) is 0 Å². The van der Waals surface area contributed by atoms with Crippen LogP contribution in [0.25, 0.3) is 0 Å². The SMILES string of the molecule is CC.CC(C)N1CCC2(CCC(F)(F)CC2)C1. The minimum atomic E-state index is -2.38. The average Bonchev–Trinajstić information content (AvgIpc) is 2.71. The lowest BCUT2D eigenvalue weighted by atomic mass is 9.72. The molecule has 0 amide bonds. The van der Waals surface area contributed by atoms with Crippen LogP contribution in [0.2, 0.25) is 0 Å². The molecule has 0 aromatic heterocycles. The predicted octanol–water partition coefficient (Wildman–Crippen LogP) is 4.32. The van der Waals surface area contributed by atoms with Gasteiger partial charge in [-0.15, -0.1) is 0 Å². The van der Waals surface area contributed by atoms with E-state index >= 15 is 0 Å². The minimum Gasteiger partial charge on any atom is -0.300 e. The van der Waals surface area contributed by atoms with Crippen molar-refractivity contribution >= 4 is 0 Å². The third-order valence-corrected chi connectivity index (χ3v) is 4.24. The molecule has 1 saturated heterocycles. The van der Waals surface area contributed by atoms with Gasteiger partial charge in [-0.05, 0) is 45.1 Å². The first-order valence-electron chi connectivity index (χ1n) is 7.04. The molecule has 0 aromatic carbocycles. The van der Waals surface area contributed by atoms with Gasteiger partial charge in [0.15, 0.2) is 0 Å². The summed E-state index contributed by atoms with van der Waals surface area (Å²) in [6.45, 7) is 10.5. The van der Waals surface area contributed by atoms with Gasteiger partial charge in [-0.2, -0.15) is 0 Å². The van der Waals surface area contributed by atoms with Crippen molar-refractivity contribution in [3.8, 4) is 0 Å². The van der Waals surface area contributed by atoms with E-state index in [2.05, 4.69) is 18.7 Å². The molecular formula is C14H27F2N. The van der Waals surface area contributed by atoms with Crippen molar-refractivity contribution in [2.24, 2.45) is 5.41 Å². The molecule has 0 N–H and O–H groups in total. The second-order valence-corrected chi connectivity index (χ2v) is 5.67. The van der Waals surface area contributed by atoms with Crippen molar-refractivity contribution < 1.29 is 8.78 Å². The van der Waals surface area contributed by atoms with Crippen LogP contribution in [0, 0.1) is 5.41 Å². The molecule has 1 saturated carbocycles. The van der Waals surface area contributed by atoms with Crippen LogP contribution in [0.1, 0.15) is 59.8 Å². The Kier molecular flexibility index (Phi) is 4.94. The molecule has 102 valence electrons. The number of rotatable bonds is 1. The predicted molar refractivity (Wildman–Crippen MR) is 68.5 cm³/mol. The van der Waals surface area contributed by atoms with E-state index in [1.54, 1.807) is 0 Å². The van der Waals surface area contributed by atoms with Gasteiger partial charge in [0, 0.05) is 25.4 Å². The second kappa shape index (κ2) is 5.64. The number of alkyl halides is 2. The Morgan fingerprint density at radius 2 is 1.47 bits per heavy atom. The molecule has 1 aliphatic carbocycles. The smallest absolute Gasteiger partial charge is 0.248 e. The molecule has 1 nitrogen and oxygen atoms in total. The molecule has 0 bridgehead atoms. The normalized spacial score (nSPS) is 27.0. The van der Waals surface area contributed by atoms with Gasteiger partial charge in [-0.25, -0.2) is 8.78 Å². The summed E-state index contributed by atoms with van der Waals surface area (Å²) in [4.78, 5) is 2.43. The van der Waals surface area contributed by atoms with E-state index in [1.165, 1.54) is 0 Å². The zero-order valence-corrected chi connectivity index (χ0v) is 11.7. The van der Waals surface area contributed by atoms with Crippen molar-refractivity contribution in [1.29, 1.82) is 0 Å². The molecule has 1 heterocycles. The summed E-state index contributed by atoms with van der Waals surface area (Å²) in [5.41, 5.74) is 0.228. The molecule has 0 aromatic rings. The van der Waals surface area contributed by atoms with Crippen molar-refractivity contribution in [2.75, 3.05) is 13.1 Å². The van der Waals surface area contributed by atoms with E-state index in [0.717, 1.165) is 32.4 Å². The fraction of sp³-hybridized carbons (Fsp3) is 1.00. The largest absolute Gasteiger partial charge is 0.300 e. The molecule has 0 unspecified atom stereocenters. The summed E-state index contributed by atoms with van der Waals surface area (Å²) >= 11 is 0. The van der Waals surface area contributed by atoms with Crippen LogP contribution >= 0.6 is 0 Å². The molecule has 3 heteroatoms. The summed E-state index contributed by atoms with van der Waals surface area (Å²) in [7, 11) is 0. The molecule has 2 rings (SSSR count). The summed E-state index contributed by atoms with van der Waals surface area (Å²) in [5, 5.41) is 0. The summed E-state index contributed by atoms with van der Waals surface area (Å²) < 4.78 is 26.2. The molecule has 0 atom stereocenters. The van der Waals surface area contributed by atoms with Crippen molar-refractivity contribution in [2.45, 2.75) is 71.8 Å². The van der Waals surface area contributed by atoms with Crippen LogP contribution in [0.3, 0.4) is 0 Å². The average molecular weight is 247 g/mol. The van der Waals surface area contributed by atoms with E-state index in [9.17, 15) is 8.78 Å². The Bertz CT molecular complexity index is 228. The summed E-state index contributed by atoms with van der Waals surface area (Å²) in [5.74, 6) is -2.38. The number of likely N-dealkylation sites (tertiary alicyclic amines) is 1. The first-order chi connectivity index (χ1) is 7.93. The van der Waals surface area contributed by atoms with E-state index < -0.39 is 5.92 Å². The van der Waals surface area contributed by atoms with Gasteiger partial charge in [-0.3, -0.25) is 0 Å². The third-order valence-electron chi connectivity index (χ3n) is 4.24. The minimum absolute atomic E-state index is 0.110. The highest BCUT2D eigenvalue weighted by Crippen LogP contribution is 2.48. The third kappa shape index (κ3) is 3.64. The van der Waals surface area contributed by atoms with Crippen LogP contribution in [-0.2, 0) is 0 Å². The Morgan fingerprint density at radius 3 is 1.88 bits per heavy atom. The van der Waals surface area contributed by atoms with Gasteiger partial charge in [-0.1, -0.05) is 13.8 Å². The van der Waals surface area contributed by atoms with E-state index in [4.69, 9.17) is 0 Å². The first kappa shape index (κ1) is 14.9. The van der Waals surface area contributed by atoms with Gasteiger partial charge in [0.25, 0.3) is 0 Å². The summed E-state index contributed by atoms with van der Waals surface area (Å²) in [6, 6.07) is 0.562. The highest BCUT2D eigenvalue weighted by molar-refractivity contribution is 4.95. The van der Waals surface area contributed by atoms with Crippen molar-refractivity contribution in [1.82, 2.24) is 4.90 Å². The van der Waals surface area contributed by atoms with Gasteiger partial charge in [0.2, 0.25) is 5.92 Å². The maximum Gasteiger partial charge on any atom is 0.248 e. The van der Waals surface area contributed by atoms with Gasteiger partial charge in [0.05, 0.1) is 0 Å². The van der Waals surface area contributed by atoms with Crippen LogP contribution in [0.5, 0.6) is 0 Å². The molecule has 17 heavy (non-hydrogen) atoms. The monoisotopic (exact) mass is 247 g/mol. The topological polar surface area (TPSA) is 3.24 Å². The molecule has 1 aliphatic heterocycles. The Labute approximate surface area is 105 Å². The second-order valence-electron chi connectivity index (χ2n) is 5.67. The molecule has 2 aliphatic rings. The molecule has 2 fully saturated rings. The molecular weight excluding hydrogens is 220 g/mol. The quantitative estimate of drug-likeness (QED) is 0.667. The maximum absolute atomic E-state index is 13.1. The number of hydrogen-bond acceptors (Lipinski definition) is 1. The highest BCUT2D eigenvalue weighted by Gasteiger charge is 2.46. The first-order valence-corrected chi connectivity index (χ1v) is 7.04. The maximum atomic E-state index is 13.1. The van der Waals surface area contributed by atoms with Crippen LogP contribution in [0.4, 0.5) is 8.78 Å². The fourth-order valence-electron chi connectivity index (χ4n) is 2.96. The van der Waals surface area contributed by atoms with Crippen LogP contribution in [-0.4, -0.2) is 30.0 Å². The van der Waals surface area contributed by atoms with Crippen LogP contribution < -0.4 is 0 Å². The summed E-state index contributed by atoms with van der Waals surface area (Å²) in [6.07, 6.45) is 2.80. The number of hydrogen-bond donors (Lipinski definition) is 0. The Balaban J connectivity index is 0.000000686. The van der Waals surface area contributed by atoms with Crippen molar-refractivity contribution in [3.63, 3.8) is 0 Å². The van der Waals surface area contributed by atoms with Crippen LogP contribution in [0.15, 0.2) is 0 Å². The van der Waals surface area contributed by atoms with Gasteiger partial charge >= 0.3 is 0 Å². The lowest BCUT2D eigenvalue weighted by molar-refractivity contribution is -0.0651. The van der Waals surface area contributed by atoms with E-state index in [-0.39, 0.29) is 18.3 Å². The molecule has 0 radical (unpaired) electrons. The van der Waals surface area contributed by atoms with E-state index in [0.29, 0.717) is 6.04 Å². The Morgan fingerprint density at radius 1 is 0.941 bits per heavy atom. The lowest BCUT2D eigenvalue weighted by Gasteiger charge is -2.37. The zero-order valence-electron chi connectivity index (χ0n) is 11.7.